The predicted molar refractivity (Wildman–Crippen MR) is 184 cm³/mol. The topological polar surface area (TPSA) is 262 Å². The fraction of sp³-hybridized carbons (Fsp3) is 0.471. The first kappa shape index (κ1) is 42.0. The Kier molecular flexibility index (Phi) is 17.4. The van der Waals surface area contributed by atoms with E-state index in [0.29, 0.717) is 18.4 Å². The molecule has 0 saturated heterocycles. The number of guanidine groups is 1. The molecule has 51 heavy (non-hydrogen) atoms. The summed E-state index contributed by atoms with van der Waals surface area (Å²) in [4.78, 5) is 52.4. The number of ether oxygens (including phenoxy) is 1. The zero-order valence-corrected chi connectivity index (χ0v) is 28.2. The molecule has 12 N–H and O–H groups in total. The molecule has 0 spiro atoms. The average molecular weight is 721 g/mol. The molecule has 0 radical (unpaired) electrons. The minimum absolute atomic E-state index is 0.0204. The Morgan fingerprint density at radius 2 is 1.47 bits per heavy atom. The van der Waals surface area contributed by atoms with E-state index in [1.165, 1.54) is 0 Å². The van der Waals surface area contributed by atoms with Crippen molar-refractivity contribution in [1.82, 2.24) is 10.6 Å². The van der Waals surface area contributed by atoms with E-state index in [1.54, 1.807) is 12.1 Å². The molecule has 17 heteroatoms. The summed E-state index contributed by atoms with van der Waals surface area (Å²) in [7, 11) is 0. The first-order chi connectivity index (χ1) is 24.1. The number of hydrogen-bond donors (Lipinski definition) is 8. The van der Waals surface area contributed by atoms with Crippen LogP contribution in [-0.2, 0) is 36.9 Å². The van der Waals surface area contributed by atoms with Crippen molar-refractivity contribution in [2.24, 2.45) is 39.8 Å². The van der Waals surface area contributed by atoms with Crippen LogP contribution in [0.15, 0.2) is 59.6 Å². The van der Waals surface area contributed by atoms with Gasteiger partial charge in [-0.3, -0.25) is 24.8 Å². The van der Waals surface area contributed by atoms with Crippen LogP contribution in [0, 0.1) is 17.2 Å². The van der Waals surface area contributed by atoms with E-state index >= 15 is 0 Å². The third-order valence-corrected chi connectivity index (χ3v) is 8.15. The quantitative estimate of drug-likeness (QED) is 0.0675. The zero-order chi connectivity index (χ0) is 38.0. The summed E-state index contributed by atoms with van der Waals surface area (Å²) in [6.45, 7) is 0.419. The summed E-state index contributed by atoms with van der Waals surface area (Å²) in [6.07, 6.45) is 1.10. The Morgan fingerprint density at radius 1 is 0.882 bits per heavy atom. The van der Waals surface area contributed by atoms with Crippen molar-refractivity contribution in [3.8, 4) is 0 Å². The number of aliphatic carboxylic acids is 1. The number of amidine groups is 1. The van der Waals surface area contributed by atoms with Crippen molar-refractivity contribution in [2.45, 2.75) is 76.2 Å². The minimum Gasteiger partial charge on any atom is -0.475 e. The van der Waals surface area contributed by atoms with Gasteiger partial charge in [0.1, 0.15) is 17.9 Å². The number of alkyl halides is 3. The van der Waals surface area contributed by atoms with Crippen LogP contribution in [0.25, 0.3) is 0 Å². The molecular formula is C34H47F3N8O6. The number of carbonyl (C=O) groups is 4. The Bertz CT molecular complexity index is 1460. The average Bonchev–Trinajstić information content (AvgIpc) is 3.08. The summed E-state index contributed by atoms with van der Waals surface area (Å²) in [5.41, 5.74) is 24.4. The van der Waals surface area contributed by atoms with Gasteiger partial charge in [-0.2, -0.15) is 13.2 Å². The number of nitrogen functional groups attached to an aromatic ring is 1. The van der Waals surface area contributed by atoms with E-state index in [1.807, 2.05) is 42.5 Å². The van der Waals surface area contributed by atoms with Gasteiger partial charge in [-0.05, 0) is 49.1 Å². The van der Waals surface area contributed by atoms with Crippen LogP contribution in [0.4, 0.5) is 13.2 Å². The summed E-state index contributed by atoms with van der Waals surface area (Å²) >= 11 is 0. The number of carboxylic acids is 1. The van der Waals surface area contributed by atoms with Crippen molar-refractivity contribution >= 4 is 35.5 Å². The molecule has 0 bridgehead atoms. The highest BCUT2D eigenvalue weighted by molar-refractivity contribution is 5.95. The van der Waals surface area contributed by atoms with Gasteiger partial charge in [-0.1, -0.05) is 73.9 Å². The lowest BCUT2D eigenvalue weighted by Gasteiger charge is -2.31. The van der Waals surface area contributed by atoms with Gasteiger partial charge in [0.15, 0.2) is 5.96 Å². The number of rotatable bonds is 17. The molecule has 1 aliphatic rings. The summed E-state index contributed by atoms with van der Waals surface area (Å²) in [6, 6.07) is 14.8. The molecule has 0 aromatic heterocycles. The predicted octanol–water partition coefficient (Wildman–Crippen LogP) is 2.07. The molecule has 3 rings (SSSR count). The van der Waals surface area contributed by atoms with Crippen molar-refractivity contribution < 1.29 is 42.2 Å². The molecule has 1 aliphatic carbocycles. The van der Waals surface area contributed by atoms with E-state index in [4.69, 9.17) is 43.0 Å². The number of nitrogens with one attached hydrogen (secondary N) is 3. The second-order valence-electron chi connectivity index (χ2n) is 12.1. The number of carbonyl (C=O) groups excluding carboxylic acids is 3. The van der Waals surface area contributed by atoms with Crippen LogP contribution in [0.5, 0.6) is 0 Å². The van der Waals surface area contributed by atoms with Crippen LogP contribution in [0.1, 0.15) is 61.6 Å². The maximum Gasteiger partial charge on any atom is 0.490 e. The lowest BCUT2D eigenvalue weighted by atomic mass is 9.76. The molecule has 2 aromatic rings. The molecule has 3 amide bonds. The van der Waals surface area contributed by atoms with Gasteiger partial charge < -0.3 is 43.4 Å². The lowest BCUT2D eigenvalue weighted by Crippen LogP contribution is -2.56. The van der Waals surface area contributed by atoms with Crippen LogP contribution < -0.4 is 33.6 Å². The number of hydrogen-bond acceptors (Lipinski definition) is 7. The number of nitrogens with two attached hydrogens (primary N) is 4. The molecule has 280 valence electrons. The number of amides is 3. The van der Waals surface area contributed by atoms with Crippen molar-refractivity contribution in [3.05, 3.63) is 71.3 Å². The van der Waals surface area contributed by atoms with E-state index in [-0.39, 0.29) is 55.7 Å². The Balaban J connectivity index is 0.00000116. The smallest absolute Gasteiger partial charge is 0.475 e. The first-order valence-corrected chi connectivity index (χ1v) is 16.4. The molecule has 2 aromatic carbocycles. The summed E-state index contributed by atoms with van der Waals surface area (Å²) in [5.74, 6) is -4.59. The second kappa shape index (κ2) is 21.1. The highest BCUT2D eigenvalue weighted by atomic mass is 19.4. The third-order valence-electron chi connectivity index (χ3n) is 8.15. The SMILES string of the molecule is N=C(N)c1ccc(CC(C(=O)N[C@@H](COCc2ccccc2)C(=O)N[C@@H](CCCN=C(N)N)C(N)=O)C2CCCCC2)cc1.O=C(O)C(F)(F)F. The fourth-order valence-electron chi connectivity index (χ4n) is 5.48. The van der Waals surface area contributed by atoms with Gasteiger partial charge in [0.2, 0.25) is 17.7 Å². The van der Waals surface area contributed by atoms with Crippen LogP contribution in [-0.4, -0.2) is 72.0 Å². The standard InChI is InChI=1S/C32H46N8O4.C2HF3O2/c33-28(34)24-15-13-21(14-16-24)18-25(23-10-5-2-6-11-23)30(42)40-27(20-44-19-22-8-3-1-4-9-22)31(43)39-26(29(35)41)12-7-17-38-32(36)37;3-2(4,5)1(6)7/h1,3-4,8-9,13-16,23,25-27H,2,5-7,10-12,17-20H2,(H3,33,34)(H2,35,41)(H,39,43)(H,40,42)(H4,36,37,38);(H,6,7)/t25?,26-,27-;/m0./s1. The van der Waals surface area contributed by atoms with Crippen molar-refractivity contribution in [3.63, 3.8) is 0 Å². The maximum atomic E-state index is 13.9. The normalized spacial score (nSPS) is 14.8. The second-order valence-corrected chi connectivity index (χ2v) is 12.1. The number of carboxylic acid groups (broad SMARTS) is 1. The fourth-order valence-corrected chi connectivity index (χ4v) is 5.48. The third kappa shape index (κ3) is 15.9. The van der Waals surface area contributed by atoms with Gasteiger partial charge in [0, 0.05) is 18.0 Å². The number of primary amides is 1. The zero-order valence-electron chi connectivity index (χ0n) is 28.2. The lowest BCUT2D eigenvalue weighted by molar-refractivity contribution is -0.192. The summed E-state index contributed by atoms with van der Waals surface area (Å²) < 4.78 is 37.6. The number of aliphatic imine (C=N–C) groups is 1. The monoisotopic (exact) mass is 720 g/mol. The van der Waals surface area contributed by atoms with Gasteiger partial charge in [-0.15, -0.1) is 0 Å². The maximum absolute atomic E-state index is 13.9. The van der Waals surface area contributed by atoms with E-state index in [2.05, 4.69) is 15.6 Å². The summed E-state index contributed by atoms with van der Waals surface area (Å²) in [5, 5.41) is 20.4. The molecule has 1 fully saturated rings. The molecule has 0 aliphatic heterocycles. The van der Waals surface area contributed by atoms with Crippen LogP contribution >= 0.6 is 0 Å². The Morgan fingerprint density at radius 3 is 2.00 bits per heavy atom. The van der Waals surface area contributed by atoms with E-state index < -0.39 is 36.0 Å². The highest BCUT2D eigenvalue weighted by Gasteiger charge is 2.38. The molecular weight excluding hydrogens is 673 g/mol. The minimum atomic E-state index is -5.08. The van der Waals surface area contributed by atoms with Crippen molar-refractivity contribution in [2.75, 3.05) is 13.2 Å². The number of halogens is 3. The van der Waals surface area contributed by atoms with Gasteiger partial charge in [0.05, 0.1) is 13.2 Å². The molecule has 3 atom stereocenters. The van der Waals surface area contributed by atoms with Crippen molar-refractivity contribution in [1.29, 1.82) is 5.41 Å². The molecule has 1 unspecified atom stereocenters. The van der Waals surface area contributed by atoms with Gasteiger partial charge >= 0.3 is 12.1 Å². The van der Waals surface area contributed by atoms with Gasteiger partial charge in [-0.25, -0.2) is 4.79 Å². The van der Waals surface area contributed by atoms with Crippen LogP contribution in [0.3, 0.4) is 0 Å². The van der Waals surface area contributed by atoms with E-state index in [9.17, 15) is 27.6 Å². The van der Waals surface area contributed by atoms with Gasteiger partial charge in [0.25, 0.3) is 0 Å². The number of nitrogens with zero attached hydrogens (tertiary/aromatic N) is 1. The largest absolute Gasteiger partial charge is 0.490 e. The molecule has 1 saturated carbocycles. The van der Waals surface area contributed by atoms with Crippen LogP contribution in [0.2, 0.25) is 0 Å². The Labute approximate surface area is 294 Å². The molecule has 0 heterocycles. The number of benzene rings is 2. The highest BCUT2D eigenvalue weighted by Crippen LogP contribution is 2.32. The molecule has 14 nitrogen and oxygen atoms in total. The van der Waals surface area contributed by atoms with E-state index in [0.717, 1.165) is 43.2 Å². The first-order valence-electron chi connectivity index (χ1n) is 16.4. The Hall–Kier alpha value is -5.19.